The summed E-state index contributed by atoms with van der Waals surface area (Å²) in [6.45, 7) is 8.82. The van der Waals surface area contributed by atoms with Crippen LogP contribution in [0.4, 0.5) is 0 Å². The van der Waals surface area contributed by atoms with E-state index in [0.717, 1.165) is 51.9 Å². The Morgan fingerprint density at radius 2 is 0.811 bits per heavy atom. The third kappa shape index (κ3) is 39.0. The summed E-state index contributed by atoms with van der Waals surface area (Å²) in [4.78, 5) is 28.0. The van der Waals surface area contributed by atoms with Crippen molar-refractivity contribution >= 4 is 11.8 Å². The number of carbonyl (C=O) groups is 2. The minimum absolute atomic E-state index is 0.0925. The van der Waals surface area contributed by atoms with Gasteiger partial charge in [0, 0.05) is 13.1 Å². The fourth-order valence-corrected chi connectivity index (χ4v) is 7.47. The monoisotopic (exact) mass is 751 g/mol. The Labute approximate surface area is 331 Å². The van der Waals surface area contributed by atoms with Gasteiger partial charge < -0.3 is 21.7 Å². The highest BCUT2D eigenvalue weighted by atomic mass is 16.2. The molecule has 0 spiro atoms. The molecule has 7 heteroatoms. The lowest BCUT2D eigenvalue weighted by Crippen LogP contribution is -2.93. The molecule has 0 aromatic rings. The van der Waals surface area contributed by atoms with Gasteiger partial charge in [-0.15, -0.1) is 0 Å². The zero-order valence-electron chi connectivity index (χ0n) is 36.1. The van der Waals surface area contributed by atoms with Crippen LogP contribution in [0, 0.1) is 0 Å². The highest BCUT2D eigenvalue weighted by Gasteiger charge is 2.21. The van der Waals surface area contributed by atoms with Gasteiger partial charge in [-0.3, -0.25) is 10.1 Å². The van der Waals surface area contributed by atoms with E-state index >= 15 is 0 Å². The maximum atomic E-state index is 13.3. The first-order valence-electron chi connectivity index (χ1n) is 23.9. The fourth-order valence-electron chi connectivity index (χ4n) is 7.47. The standard InChI is InChI=1S/C46H95N5O2/c1-3-5-7-9-11-13-15-17-19-21-23-25-27-29-31-33-41-51(45(52)43-50-46(53)44(48)37-35-39-49-40-36-38-47)42-34-32-30-28-26-24-22-20-18-16-14-12-10-8-6-4-2/h44,49H,3-43,47-48H2,1-2H3,(H,50,53)/p+1. The number of primary amides is 1. The van der Waals surface area contributed by atoms with E-state index in [-0.39, 0.29) is 18.4 Å². The van der Waals surface area contributed by atoms with Gasteiger partial charge in [-0.2, -0.15) is 0 Å². The first-order chi connectivity index (χ1) is 26.1. The number of carbonyl (C=O) groups excluding carboxylic acids is 2. The van der Waals surface area contributed by atoms with Gasteiger partial charge in [0.15, 0.2) is 6.54 Å². The van der Waals surface area contributed by atoms with E-state index in [4.69, 9.17) is 11.5 Å². The van der Waals surface area contributed by atoms with Crippen LogP contribution in [0.2, 0.25) is 0 Å². The van der Waals surface area contributed by atoms with Crippen LogP contribution < -0.4 is 22.1 Å². The molecule has 0 aromatic heterocycles. The number of nitrogens with zero attached hydrogens (tertiary/aromatic N) is 1. The van der Waals surface area contributed by atoms with Crippen molar-refractivity contribution in [1.29, 1.82) is 0 Å². The smallest absolute Gasteiger partial charge is 0.327 e. The number of unbranched alkanes of at least 4 members (excludes halogenated alkanes) is 30. The number of hydrogen-bond donors (Lipinski definition) is 4. The lowest BCUT2D eigenvalue weighted by Gasteiger charge is -2.22. The molecule has 0 radical (unpaired) electrons. The maximum Gasteiger partial charge on any atom is 0.327 e. The van der Waals surface area contributed by atoms with Crippen molar-refractivity contribution in [3.8, 4) is 0 Å². The van der Waals surface area contributed by atoms with Gasteiger partial charge in [-0.1, -0.05) is 206 Å². The number of nitrogens with two attached hydrogens (primary N) is 3. The zero-order chi connectivity index (χ0) is 38.7. The molecule has 0 aliphatic carbocycles. The second kappa shape index (κ2) is 43.7. The van der Waals surface area contributed by atoms with Gasteiger partial charge in [0.25, 0.3) is 5.91 Å². The Morgan fingerprint density at radius 1 is 0.491 bits per heavy atom. The zero-order valence-corrected chi connectivity index (χ0v) is 36.1. The quantitative estimate of drug-likeness (QED) is 0.0463. The third-order valence-corrected chi connectivity index (χ3v) is 11.2. The number of rotatable bonds is 44. The molecule has 53 heavy (non-hydrogen) atoms. The van der Waals surface area contributed by atoms with Crippen molar-refractivity contribution in [2.45, 2.75) is 245 Å². The molecule has 0 aromatic carbocycles. The van der Waals surface area contributed by atoms with Crippen molar-refractivity contribution in [1.82, 2.24) is 10.2 Å². The average molecular weight is 751 g/mol. The van der Waals surface area contributed by atoms with Gasteiger partial charge in [0.05, 0.1) is 0 Å². The topological polar surface area (TPSA) is 118 Å². The molecule has 0 bridgehead atoms. The largest absolute Gasteiger partial charge is 0.338 e. The highest BCUT2D eigenvalue weighted by Crippen LogP contribution is 2.16. The van der Waals surface area contributed by atoms with E-state index in [1.54, 1.807) is 5.32 Å². The molecule has 1 unspecified atom stereocenters. The first-order valence-corrected chi connectivity index (χ1v) is 23.9. The van der Waals surface area contributed by atoms with Crippen LogP contribution >= 0.6 is 0 Å². The molecular weight excluding hydrogens is 655 g/mol. The van der Waals surface area contributed by atoms with Gasteiger partial charge in [-0.05, 0) is 51.7 Å². The molecule has 316 valence electrons. The summed E-state index contributed by atoms with van der Waals surface area (Å²) in [5.41, 5.74) is 11.7. The van der Waals surface area contributed by atoms with Crippen LogP contribution in [0.3, 0.4) is 0 Å². The molecule has 0 fully saturated rings. The van der Waals surface area contributed by atoms with Crippen LogP contribution in [0.15, 0.2) is 0 Å². The summed E-state index contributed by atoms with van der Waals surface area (Å²) in [6, 6.07) is -0.520. The Hall–Kier alpha value is -1.02. The molecule has 0 saturated carbocycles. The predicted octanol–water partition coefficient (Wildman–Crippen LogP) is 10.5. The summed E-state index contributed by atoms with van der Waals surface area (Å²) in [5, 5.41) is 4.90. The summed E-state index contributed by atoms with van der Waals surface area (Å²) in [6.07, 6.45) is 45.7. The summed E-state index contributed by atoms with van der Waals surface area (Å²) in [7, 11) is 0. The third-order valence-electron chi connectivity index (χ3n) is 11.2. The number of quaternary nitrogens is 1. The Morgan fingerprint density at radius 3 is 1.15 bits per heavy atom. The Bertz CT molecular complexity index is 715. The van der Waals surface area contributed by atoms with Crippen LogP contribution in [0.1, 0.15) is 239 Å². The molecule has 7 N–H and O–H groups in total. The molecule has 7 nitrogen and oxygen atoms in total. The van der Waals surface area contributed by atoms with Crippen LogP contribution in [-0.4, -0.2) is 62.0 Å². The molecule has 0 saturated heterocycles. The normalized spacial score (nSPS) is 12.1. The van der Waals surface area contributed by atoms with Crippen molar-refractivity contribution in [2.75, 3.05) is 39.3 Å². The van der Waals surface area contributed by atoms with Crippen LogP contribution in [0.25, 0.3) is 0 Å². The number of nitrogens with one attached hydrogen (secondary N) is 1. The molecule has 2 amide bonds. The van der Waals surface area contributed by atoms with Crippen molar-refractivity contribution < 1.29 is 14.9 Å². The molecule has 0 aliphatic rings. The van der Waals surface area contributed by atoms with E-state index < -0.39 is 6.04 Å². The second-order valence-electron chi connectivity index (χ2n) is 16.4. The maximum absolute atomic E-state index is 13.3. The van der Waals surface area contributed by atoms with Gasteiger partial charge in [-0.25, -0.2) is 4.79 Å². The molecule has 0 heterocycles. The minimum atomic E-state index is -0.520. The van der Waals surface area contributed by atoms with E-state index in [1.807, 2.05) is 4.90 Å². The van der Waals surface area contributed by atoms with Gasteiger partial charge >= 0.3 is 5.91 Å². The van der Waals surface area contributed by atoms with E-state index in [2.05, 4.69) is 19.2 Å². The number of hydrogen-bond acceptors (Lipinski definition) is 5. The van der Waals surface area contributed by atoms with Gasteiger partial charge in [0.1, 0.15) is 6.04 Å². The SMILES string of the molecule is CCCCCCCCCCCCCCCCCCN(CCCCCCCCCCCCCCCCCC)C(=O)C[NH2+]C(=O)C(N)CCCNCCCN. The minimum Gasteiger partial charge on any atom is -0.338 e. The fraction of sp³-hybridized carbons (Fsp3) is 0.957. The number of amides is 2. The van der Waals surface area contributed by atoms with Crippen molar-refractivity contribution in [3.63, 3.8) is 0 Å². The Balaban J connectivity index is 4.24. The van der Waals surface area contributed by atoms with E-state index in [1.165, 1.54) is 193 Å². The van der Waals surface area contributed by atoms with E-state index in [0.29, 0.717) is 13.0 Å². The van der Waals surface area contributed by atoms with E-state index in [9.17, 15) is 9.59 Å². The van der Waals surface area contributed by atoms with Crippen LogP contribution in [0.5, 0.6) is 0 Å². The van der Waals surface area contributed by atoms with Crippen molar-refractivity contribution in [3.05, 3.63) is 0 Å². The second-order valence-corrected chi connectivity index (χ2v) is 16.4. The Kier molecular flexibility index (Phi) is 42.9. The summed E-state index contributed by atoms with van der Waals surface area (Å²) in [5.74, 6) is 0.000922. The summed E-state index contributed by atoms with van der Waals surface area (Å²) < 4.78 is 0. The van der Waals surface area contributed by atoms with Gasteiger partial charge in [0.2, 0.25) is 0 Å². The predicted molar refractivity (Wildman–Crippen MR) is 231 cm³/mol. The highest BCUT2D eigenvalue weighted by molar-refractivity contribution is 5.79. The molecule has 0 rings (SSSR count). The molecule has 1 atom stereocenters. The summed E-state index contributed by atoms with van der Waals surface area (Å²) >= 11 is 0. The average Bonchev–Trinajstić information content (AvgIpc) is 3.16. The van der Waals surface area contributed by atoms with Crippen molar-refractivity contribution in [2.24, 2.45) is 11.5 Å². The lowest BCUT2D eigenvalue weighted by molar-refractivity contribution is -0.559. The van der Waals surface area contributed by atoms with Crippen LogP contribution in [-0.2, 0) is 9.59 Å². The lowest BCUT2D eigenvalue weighted by atomic mass is 10.0. The first kappa shape index (κ1) is 52.0. The molecule has 0 aliphatic heterocycles. The molecular formula is C46H96N5O2+.